The van der Waals surface area contributed by atoms with E-state index in [2.05, 4.69) is 20.8 Å². The van der Waals surface area contributed by atoms with E-state index in [0.29, 0.717) is 0 Å². The second-order valence-electron chi connectivity index (χ2n) is 8.86. The van der Waals surface area contributed by atoms with Crippen LogP contribution in [-0.2, 0) is 505 Å². The van der Waals surface area contributed by atoms with Gasteiger partial charge < -0.3 is 76.6 Å². The Bertz CT molecular complexity index is 548. The molecular formula is C26H53BFN2O6Y15-7. The van der Waals surface area contributed by atoms with Crippen molar-refractivity contribution in [3.63, 3.8) is 0 Å². The number of ether oxygens (including phenoxy) is 3. The van der Waals surface area contributed by atoms with Gasteiger partial charge in [-0.1, -0.05) is 65.7 Å². The minimum absolute atomic E-state index is 0. The fourth-order valence-electron chi connectivity index (χ4n) is 3.07. The molecule has 5 N–H and O–H groups in total. The molecule has 2 fully saturated rings. The summed E-state index contributed by atoms with van der Waals surface area (Å²) in [5.74, 6) is -0.338. The molecule has 0 aromatic rings. The zero-order valence-electron chi connectivity index (χ0n) is 33.2. The summed E-state index contributed by atoms with van der Waals surface area (Å²) in [7, 11) is 5.78. The molecule has 0 aromatic carbocycles. The van der Waals surface area contributed by atoms with Crippen molar-refractivity contribution >= 4 is 7.85 Å². The standard InChI is InChI=1S/C15H27BN2O4.C3H6F.2C3H7O.2CH3.15Y/c1-4-10-8(3)13(19)12(18)15(22-10)20-6-9-5-7(2)11(17)14(16)21-9;3*1-3(2)4;;;;;;;;;;;;;;;;;/h7-15,17-19H,4-6H2,1-3H3;3H,1H2,2H3;2*3-4H,1H2,2H3;2*1H3;;;;;;;;;;;;;;;/q-2;5*-1;;;;;;;;;;;;;;;/t7-,8+,9?,10?,11?,12?,13-,14-,15+;3*3-;;;;;;;;;;;;;;;;;/m0000................./s1/i5D;;;;;;;;;;;;;;;;;;;;/t5-,7-,8+,9?,10?,11?,12?,13-,14-,15+;;;;;;;;;;;;;;;;;;;;. The number of rotatable bonds is 4. The molecule has 2 aliphatic rings. The summed E-state index contributed by atoms with van der Waals surface area (Å²) < 4.78 is 36.0. The first-order valence-corrected chi connectivity index (χ1v) is 11.7. The number of halogens is 1. The molecule has 13 atom stereocenters. The molecule has 25 heteroatoms. The van der Waals surface area contributed by atoms with Gasteiger partial charge in [-0.2, -0.15) is 0 Å². The maximum absolute atomic E-state index is 10.9. The Morgan fingerprint density at radius 2 is 1.08 bits per heavy atom. The molecule has 17 radical (unpaired) electrons. The fourth-order valence-corrected chi connectivity index (χ4v) is 3.07. The monoisotopic (exact) mass is 1850 g/mol. The van der Waals surface area contributed by atoms with E-state index >= 15 is 0 Å². The maximum atomic E-state index is 10.9. The molecule has 0 aromatic heterocycles. The van der Waals surface area contributed by atoms with Crippen LogP contribution in [-0.4, -0.2) is 90.8 Å². The first-order valence-electron chi connectivity index (χ1n) is 12.2. The minimum Gasteiger partial charge on any atom is -0.673 e. The minimum atomic E-state index is -0.917. The van der Waals surface area contributed by atoms with Gasteiger partial charge in [-0.3, -0.25) is 4.39 Å². The number of aliphatic hydroxyl groups excluding tert-OH is 3. The van der Waals surface area contributed by atoms with Gasteiger partial charge >= 0.3 is 0 Å². The summed E-state index contributed by atoms with van der Waals surface area (Å²) in [6, 6.07) is -2.26. The Morgan fingerprint density at radius 3 is 1.35 bits per heavy atom. The zero-order chi connectivity index (χ0) is 28.0. The van der Waals surface area contributed by atoms with E-state index in [9.17, 15) is 9.50 Å². The summed E-state index contributed by atoms with van der Waals surface area (Å²) in [4.78, 5) is 0. The first-order chi connectivity index (χ1) is 16.0. The molecule has 265 valence electrons. The molecule has 4 unspecified atom stereocenters. The Labute approximate surface area is 695 Å². The number of hydrogen-bond acceptors (Lipinski definition) is 6. The third-order valence-corrected chi connectivity index (χ3v) is 4.69. The van der Waals surface area contributed by atoms with Crippen LogP contribution < -0.4 is 0 Å². The van der Waals surface area contributed by atoms with Crippen LogP contribution >= 0.6 is 0 Å². The van der Waals surface area contributed by atoms with Crippen molar-refractivity contribution in [2.75, 3.05) is 6.61 Å². The predicted octanol–water partition coefficient (Wildman–Crippen LogP) is 4.34. The number of nitrogens with one attached hydrogen (secondary N) is 2. The van der Waals surface area contributed by atoms with Gasteiger partial charge in [0, 0.05) is 510 Å². The summed E-state index contributed by atoms with van der Waals surface area (Å²) in [5, 5.41) is 26.1. The SMILES string of the molecule is [2H][C@@H]1C(CO[C@@H]2OC(CC)[C@@H](C)[C@H](O)C2[NH-])O[C@H]([B])C([NH-])[C@H]1C.[CH2-][C@@H](C)F.[CH2-][C@@H](C)O.[CH2-][C@@H](C)O.[CH3-].[CH3-].[Y].[Y].[Y].[Y].[Y].[Y].[Y].[Y].[Y].[Y].[Y].[Y].[Y].[Y].[Y]. The third-order valence-electron chi connectivity index (χ3n) is 4.69. The number of alkyl halides is 1. The number of aliphatic hydroxyl groups is 3. The van der Waals surface area contributed by atoms with Crippen LogP contribution in [0.25, 0.3) is 11.5 Å². The van der Waals surface area contributed by atoms with Gasteiger partial charge in [0.05, 0.1) is 18.8 Å². The Kier molecular flexibility index (Phi) is 198. The normalized spacial score (nSPS) is 27.0. The average molecular weight is 1850 g/mol. The third kappa shape index (κ3) is 77.9. The van der Waals surface area contributed by atoms with Crippen molar-refractivity contribution < 1.29 is 526 Å². The Balaban J connectivity index is -0.0000000197. The second-order valence-corrected chi connectivity index (χ2v) is 8.86. The summed E-state index contributed by atoms with van der Waals surface area (Å²) in [5.41, 5.74) is 15.9. The van der Waals surface area contributed by atoms with Gasteiger partial charge in [0.2, 0.25) is 0 Å². The van der Waals surface area contributed by atoms with E-state index in [0.717, 1.165) is 6.42 Å². The second kappa shape index (κ2) is 83.1. The van der Waals surface area contributed by atoms with Crippen molar-refractivity contribution in [3.8, 4) is 0 Å². The quantitative estimate of drug-likeness (QED) is 0.284. The van der Waals surface area contributed by atoms with Crippen LogP contribution in [0.1, 0.15) is 55.7 Å². The van der Waals surface area contributed by atoms with Crippen LogP contribution in [0.5, 0.6) is 0 Å². The van der Waals surface area contributed by atoms with Crippen LogP contribution in [0.3, 0.4) is 0 Å². The predicted molar refractivity (Wildman–Crippen MR) is 147 cm³/mol. The van der Waals surface area contributed by atoms with Crippen LogP contribution in [0.2, 0.25) is 0 Å². The van der Waals surface area contributed by atoms with Crippen molar-refractivity contribution in [1.82, 2.24) is 0 Å². The van der Waals surface area contributed by atoms with Gasteiger partial charge in [0.1, 0.15) is 14.1 Å². The molecule has 0 spiro atoms. The molecule has 8 nitrogen and oxygen atoms in total. The van der Waals surface area contributed by atoms with Crippen molar-refractivity contribution in [2.24, 2.45) is 11.8 Å². The van der Waals surface area contributed by atoms with Gasteiger partial charge in [0.25, 0.3) is 0 Å². The molecule has 2 heterocycles. The van der Waals surface area contributed by atoms with Gasteiger partial charge in [-0.05, 0) is 19.0 Å². The fraction of sp³-hybridized carbons (Fsp3) is 0.808. The van der Waals surface area contributed by atoms with E-state index in [4.69, 9.17) is 45.1 Å². The smallest absolute Gasteiger partial charge is 0.144 e. The molecule has 2 aliphatic heterocycles. The Morgan fingerprint density at radius 1 is 0.784 bits per heavy atom. The van der Waals surface area contributed by atoms with Crippen LogP contribution in [0.4, 0.5) is 4.39 Å². The molecule has 0 saturated carbocycles. The molecule has 51 heavy (non-hydrogen) atoms. The average Bonchev–Trinajstić information content (AvgIpc) is 2.72. The molecule has 2 rings (SSSR count). The Hall–Kier alpha value is 16.2. The van der Waals surface area contributed by atoms with Gasteiger partial charge in [0.15, 0.2) is 0 Å². The maximum Gasteiger partial charge on any atom is 0.144 e. The summed E-state index contributed by atoms with van der Waals surface area (Å²) in [6.45, 7) is 19.7. The van der Waals surface area contributed by atoms with Crippen LogP contribution in [0, 0.1) is 47.5 Å². The van der Waals surface area contributed by atoms with E-state index in [1.165, 1.54) is 6.92 Å². The van der Waals surface area contributed by atoms with E-state index in [-0.39, 0.29) is 530 Å². The van der Waals surface area contributed by atoms with E-state index in [1.54, 1.807) is 13.8 Å². The molecular weight excluding hydrogens is 1800 g/mol. The van der Waals surface area contributed by atoms with Crippen LogP contribution in [0.15, 0.2) is 0 Å². The zero-order valence-corrected chi connectivity index (χ0v) is 74.8. The molecule has 0 amide bonds. The van der Waals surface area contributed by atoms with Crippen molar-refractivity contribution in [3.05, 3.63) is 47.1 Å². The van der Waals surface area contributed by atoms with Gasteiger partial charge in [-0.15, -0.1) is 6.04 Å². The summed E-state index contributed by atoms with van der Waals surface area (Å²) >= 11 is 0. The van der Waals surface area contributed by atoms with E-state index in [1.807, 2.05) is 20.8 Å². The van der Waals surface area contributed by atoms with E-state index < -0.39 is 61.4 Å². The van der Waals surface area contributed by atoms with Crippen molar-refractivity contribution in [1.29, 1.82) is 0 Å². The first kappa shape index (κ1) is 122. The van der Waals surface area contributed by atoms with Crippen molar-refractivity contribution in [2.45, 2.75) is 115 Å². The largest absolute Gasteiger partial charge is 0.673 e. The molecule has 0 bridgehead atoms. The van der Waals surface area contributed by atoms with Gasteiger partial charge in [-0.25, -0.2) is 0 Å². The number of hydrogen-bond donors (Lipinski definition) is 3. The molecule has 0 aliphatic carbocycles. The summed E-state index contributed by atoms with van der Waals surface area (Å²) in [6.07, 6.45) is -4.01. The molecule has 2 saturated heterocycles. The topological polar surface area (TPSA) is 136 Å².